The number of thioether (sulfide) groups is 1. The van der Waals surface area contributed by atoms with Crippen LogP contribution in [0.15, 0.2) is 0 Å². The number of hydrogen-bond donors (Lipinski definition) is 2. The Hall–Kier alpha value is 0. The van der Waals surface area contributed by atoms with Crippen molar-refractivity contribution in [1.29, 1.82) is 0 Å². The average molecular weight is 232 g/mol. The van der Waals surface area contributed by atoms with Crippen LogP contribution in [0.4, 0.5) is 4.39 Å². The van der Waals surface area contributed by atoms with Gasteiger partial charge in [-0.15, -0.1) is 12.4 Å². The van der Waals surface area contributed by atoms with Gasteiger partial charge >= 0.3 is 5.97 Å². The molecule has 0 aliphatic carbocycles. The van der Waals surface area contributed by atoms with Gasteiger partial charge < -0.3 is 10.8 Å². The Labute approximate surface area is 87.7 Å². The van der Waals surface area contributed by atoms with E-state index < -0.39 is 12.0 Å². The highest BCUT2D eigenvalue weighted by Gasteiger charge is 2.09. The Morgan fingerprint density at radius 2 is 2.15 bits per heavy atom. The minimum absolute atomic E-state index is 0. The fraction of sp³-hybridized carbons (Fsp3) is 0.857. The zero-order valence-electron chi connectivity index (χ0n) is 7.24. The van der Waals surface area contributed by atoms with Crippen LogP contribution in [0.2, 0.25) is 0 Å². The minimum Gasteiger partial charge on any atom is -0.480 e. The van der Waals surface area contributed by atoms with E-state index in [1.54, 1.807) is 11.8 Å². The van der Waals surface area contributed by atoms with E-state index in [-0.39, 0.29) is 19.1 Å². The number of hydrogen-bond acceptors (Lipinski definition) is 3. The maximum absolute atomic E-state index is 11.6. The van der Waals surface area contributed by atoms with E-state index in [9.17, 15) is 9.18 Å². The van der Waals surface area contributed by atoms with Gasteiger partial charge in [-0.25, -0.2) is 0 Å². The molecule has 0 aromatic heterocycles. The van der Waals surface area contributed by atoms with Crippen molar-refractivity contribution in [2.75, 3.05) is 18.2 Å². The Bertz CT molecular complexity index is 140. The van der Waals surface area contributed by atoms with Gasteiger partial charge in [0.15, 0.2) is 0 Å². The van der Waals surface area contributed by atoms with Gasteiger partial charge in [0.25, 0.3) is 0 Å². The van der Waals surface area contributed by atoms with Crippen LogP contribution < -0.4 is 5.73 Å². The molecule has 0 saturated heterocycles. The van der Waals surface area contributed by atoms with Crippen LogP contribution in [0, 0.1) is 0 Å². The molecule has 0 amide bonds. The third-order valence-corrected chi connectivity index (χ3v) is 2.41. The summed E-state index contributed by atoms with van der Waals surface area (Å²) in [5.74, 6) is 0.456. The number of carboxylic acid groups (broad SMARTS) is 1. The summed E-state index contributed by atoms with van der Waals surface area (Å²) in [4.78, 5) is 10.2. The number of alkyl halides is 1. The van der Waals surface area contributed by atoms with Gasteiger partial charge in [0.2, 0.25) is 0 Å². The summed E-state index contributed by atoms with van der Waals surface area (Å²) in [5, 5.41) is 8.39. The van der Waals surface area contributed by atoms with Gasteiger partial charge in [0.05, 0.1) is 6.67 Å². The highest BCUT2D eigenvalue weighted by Crippen LogP contribution is 2.05. The number of carboxylic acids is 1. The second-order valence-electron chi connectivity index (χ2n) is 2.39. The number of halogens is 2. The first-order valence-electron chi connectivity index (χ1n) is 3.80. The van der Waals surface area contributed by atoms with Gasteiger partial charge in [-0.3, -0.25) is 9.18 Å². The normalized spacial score (nSPS) is 11.8. The summed E-state index contributed by atoms with van der Waals surface area (Å²) >= 11 is 1.54. The summed E-state index contributed by atoms with van der Waals surface area (Å²) < 4.78 is 11.6. The molecule has 0 aromatic carbocycles. The minimum atomic E-state index is -0.971. The molecule has 0 aliphatic heterocycles. The summed E-state index contributed by atoms with van der Waals surface area (Å²) in [5.41, 5.74) is 5.24. The smallest absolute Gasteiger partial charge is 0.320 e. The van der Waals surface area contributed by atoms with Gasteiger partial charge in [-0.1, -0.05) is 0 Å². The molecule has 0 fully saturated rings. The molecule has 0 aliphatic rings. The number of nitrogens with two attached hydrogens (primary N) is 1. The lowest BCUT2D eigenvalue weighted by Gasteiger charge is -2.04. The van der Waals surface area contributed by atoms with Crippen molar-refractivity contribution in [3.63, 3.8) is 0 Å². The van der Waals surface area contributed by atoms with Gasteiger partial charge in [-0.2, -0.15) is 11.8 Å². The van der Waals surface area contributed by atoms with Crippen LogP contribution in [0.1, 0.15) is 12.8 Å². The third kappa shape index (κ3) is 9.92. The van der Waals surface area contributed by atoms with Crippen molar-refractivity contribution in [1.82, 2.24) is 0 Å². The lowest BCUT2D eigenvalue weighted by Crippen LogP contribution is -2.30. The lowest BCUT2D eigenvalue weighted by molar-refractivity contribution is -0.138. The molecule has 0 bridgehead atoms. The Morgan fingerprint density at radius 3 is 2.62 bits per heavy atom. The first kappa shape index (κ1) is 15.5. The highest BCUT2D eigenvalue weighted by molar-refractivity contribution is 7.99. The molecule has 0 rings (SSSR count). The molecule has 80 valence electrons. The quantitative estimate of drug-likeness (QED) is 0.649. The average Bonchev–Trinajstić information content (AvgIpc) is 2.03. The number of carbonyl (C=O) groups is 1. The first-order valence-corrected chi connectivity index (χ1v) is 4.96. The Balaban J connectivity index is 0. The first-order chi connectivity index (χ1) is 5.68. The molecule has 1 unspecified atom stereocenters. The second-order valence-corrected chi connectivity index (χ2v) is 3.61. The second kappa shape index (κ2) is 10.1. The SMILES string of the molecule is Cl.NC(CCSCCCF)C(=O)O. The predicted molar refractivity (Wildman–Crippen MR) is 55.4 cm³/mol. The van der Waals surface area contributed by atoms with E-state index in [0.717, 1.165) is 5.75 Å². The molecule has 0 heterocycles. The van der Waals surface area contributed by atoms with Crippen molar-refractivity contribution in [2.24, 2.45) is 5.73 Å². The number of rotatable bonds is 7. The summed E-state index contributed by atoms with van der Waals surface area (Å²) in [7, 11) is 0. The third-order valence-electron chi connectivity index (χ3n) is 1.31. The van der Waals surface area contributed by atoms with Crippen molar-refractivity contribution in [3.8, 4) is 0 Å². The molecule has 3 nitrogen and oxygen atoms in total. The summed E-state index contributed by atoms with van der Waals surface area (Å²) in [6.45, 7) is -0.308. The molecular formula is C7H15ClFNO2S. The van der Waals surface area contributed by atoms with E-state index in [1.807, 2.05) is 0 Å². The van der Waals surface area contributed by atoms with E-state index >= 15 is 0 Å². The predicted octanol–water partition coefficient (Wildman–Crippen LogP) is 1.30. The van der Waals surface area contributed by atoms with Crippen LogP contribution in [0.3, 0.4) is 0 Å². The van der Waals surface area contributed by atoms with Crippen LogP contribution in [-0.2, 0) is 4.79 Å². The monoisotopic (exact) mass is 231 g/mol. The zero-order valence-corrected chi connectivity index (χ0v) is 8.87. The zero-order chi connectivity index (χ0) is 9.40. The molecule has 1 atom stereocenters. The molecule has 6 heteroatoms. The summed E-state index contributed by atoms with van der Waals surface area (Å²) in [6, 6.07) is -0.775. The molecule has 3 N–H and O–H groups in total. The van der Waals surface area contributed by atoms with Gasteiger partial charge in [0, 0.05) is 0 Å². The maximum Gasteiger partial charge on any atom is 0.320 e. The molecule has 13 heavy (non-hydrogen) atoms. The fourth-order valence-corrected chi connectivity index (χ4v) is 1.53. The fourth-order valence-electron chi connectivity index (χ4n) is 0.592. The molecule has 0 spiro atoms. The van der Waals surface area contributed by atoms with Gasteiger partial charge in [0.1, 0.15) is 6.04 Å². The largest absolute Gasteiger partial charge is 0.480 e. The van der Waals surface area contributed by atoms with Crippen LogP contribution >= 0.6 is 24.2 Å². The van der Waals surface area contributed by atoms with Crippen molar-refractivity contribution in [2.45, 2.75) is 18.9 Å². The van der Waals surface area contributed by atoms with E-state index in [2.05, 4.69) is 0 Å². The molecule has 0 aromatic rings. The van der Waals surface area contributed by atoms with Crippen LogP contribution in [0.25, 0.3) is 0 Å². The Kier molecular flexibility index (Phi) is 12.0. The summed E-state index contributed by atoms with van der Waals surface area (Å²) in [6.07, 6.45) is 0.985. The van der Waals surface area contributed by atoms with Crippen molar-refractivity contribution >= 4 is 30.1 Å². The molecule has 0 saturated carbocycles. The topological polar surface area (TPSA) is 63.3 Å². The van der Waals surface area contributed by atoms with Crippen LogP contribution in [-0.4, -0.2) is 35.3 Å². The number of aliphatic carboxylic acids is 1. The van der Waals surface area contributed by atoms with E-state index in [4.69, 9.17) is 10.8 Å². The molecular weight excluding hydrogens is 217 g/mol. The Morgan fingerprint density at radius 1 is 1.54 bits per heavy atom. The van der Waals surface area contributed by atoms with Crippen molar-refractivity contribution < 1.29 is 14.3 Å². The highest BCUT2D eigenvalue weighted by atomic mass is 35.5. The van der Waals surface area contributed by atoms with E-state index in [0.29, 0.717) is 18.6 Å². The maximum atomic E-state index is 11.6. The standard InChI is InChI=1S/C7H14FNO2S.ClH/c8-3-1-4-12-5-2-6(9)7(10)11;/h6H,1-5,9H2,(H,10,11);1H. The van der Waals surface area contributed by atoms with Gasteiger partial charge in [-0.05, 0) is 24.3 Å². The molecule has 0 radical (unpaired) electrons. The van der Waals surface area contributed by atoms with Crippen molar-refractivity contribution in [3.05, 3.63) is 0 Å². The van der Waals surface area contributed by atoms with Crippen LogP contribution in [0.5, 0.6) is 0 Å². The van der Waals surface area contributed by atoms with E-state index in [1.165, 1.54) is 0 Å². The lowest BCUT2D eigenvalue weighted by atomic mass is 10.2.